The van der Waals surface area contributed by atoms with Crippen molar-refractivity contribution in [2.45, 2.75) is 18.3 Å². The van der Waals surface area contributed by atoms with Crippen molar-refractivity contribution in [1.29, 1.82) is 0 Å². The van der Waals surface area contributed by atoms with Gasteiger partial charge in [-0.25, -0.2) is 8.78 Å². The van der Waals surface area contributed by atoms with E-state index in [1.54, 1.807) is 0 Å². The molecule has 1 aliphatic rings. The first kappa shape index (κ1) is 12.5. The van der Waals surface area contributed by atoms with E-state index in [9.17, 15) is 18.4 Å². The molecule has 1 atom stereocenters. The van der Waals surface area contributed by atoms with Crippen LogP contribution in [-0.2, 0) is 15.0 Å². The number of aliphatic carboxylic acids is 1. The average molecular weight is 255 g/mol. The van der Waals surface area contributed by atoms with Gasteiger partial charge in [0.2, 0.25) is 5.91 Å². The van der Waals surface area contributed by atoms with Gasteiger partial charge in [-0.3, -0.25) is 9.59 Å². The van der Waals surface area contributed by atoms with Crippen molar-refractivity contribution >= 4 is 11.9 Å². The van der Waals surface area contributed by atoms with Crippen molar-refractivity contribution in [3.63, 3.8) is 0 Å². The second-order valence-corrected chi connectivity index (χ2v) is 4.43. The average Bonchev–Trinajstić information content (AvgIpc) is 2.59. The lowest BCUT2D eigenvalue weighted by Crippen LogP contribution is -2.33. The zero-order valence-electron chi connectivity index (χ0n) is 9.37. The first-order valence-electron chi connectivity index (χ1n) is 5.37. The highest BCUT2D eigenvalue weighted by molar-refractivity contribution is 5.83. The molecule has 4 nitrogen and oxygen atoms in total. The molecule has 96 valence electrons. The van der Waals surface area contributed by atoms with Crippen LogP contribution in [0.5, 0.6) is 0 Å². The van der Waals surface area contributed by atoms with E-state index in [4.69, 9.17) is 5.11 Å². The van der Waals surface area contributed by atoms with Crippen LogP contribution in [0.15, 0.2) is 18.2 Å². The molecule has 0 radical (unpaired) electrons. The van der Waals surface area contributed by atoms with Gasteiger partial charge in [0, 0.05) is 24.4 Å². The van der Waals surface area contributed by atoms with Gasteiger partial charge in [-0.15, -0.1) is 0 Å². The number of amides is 1. The molecular formula is C12H11F2NO3. The van der Waals surface area contributed by atoms with Crippen molar-refractivity contribution in [1.82, 2.24) is 5.32 Å². The number of carbonyl (C=O) groups is 2. The highest BCUT2D eigenvalue weighted by Crippen LogP contribution is 2.36. The summed E-state index contributed by atoms with van der Waals surface area (Å²) in [5.41, 5.74) is -1.08. The minimum atomic E-state index is -1.14. The Morgan fingerprint density at radius 2 is 2.17 bits per heavy atom. The van der Waals surface area contributed by atoms with Gasteiger partial charge >= 0.3 is 5.97 Å². The van der Waals surface area contributed by atoms with Crippen LogP contribution in [0.3, 0.4) is 0 Å². The summed E-state index contributed by atoms with van der Waals surface area (Å²) in [6.07, 6.45) is -0.490. The molecule has 1 aromatic carbocycles. The van der Waals surface area contributed by atoms with Crippen LogP contribution in [0.1, 0.15) is 18.4 Å². The molecular weight excluding hydrogens is 244 g/mol. The third-order valence-corrected chi connectivity index (χ3v) is 3.11. The van der Waals surface area contributed by atoms with Crippen LogP contribution < -0.4 is 5.32 Å². The summed E-state index contributed by atoms with van der Waals surface area (Å²) in [6.45, 7) is 0.0423. The van der Waals surface area contributed by atoms with Gasteiger partial charge in [-0.05, 0) is 11.6 Å². The summed E-state index contributed by atoms with van der Waals surface area (Å²) in [4.78, 5) is 22.2. The van der Waals surface area contributed by atoms with Crippen LogP contribution in [0.4, 0.5) is 8.78 Å². The molecule has 0 spiro atoms. The summed E-state index contributed by atoms with van der Waals surface area (Å²) in [5, 5.41) is 11.4. The predicted octanol–water partition coefficient (Wildman–Crippen LogP) is 1.20. The number of halogens is 2. The zero-order chi connectivity index (χ0) is 13.3. The fourth-order valence-corrected chi connectivity index (χ4v) is 2.32. The van der Waals surface area contributed by atoms with E-state index in [0.717, 1.165) is 6.07 Å². The second-order valence-electron chi connectivity index (χ2n) is 4.43. The topological polar surface area (TPSA) is 66.4 Å². The third-order valence-electron chi connectivity index (χ3n) is 3.11. The van der Waals surface area contributed by atoms with Gasteiger partial charge in [-0.2, -0.15) is 0 Å². The standard InChI is InChI=1S/C12H11F2NO3/c13-7-1-2-8(9(14)3-7)12(5-11(17)18)4-10(16)15-6-12/h1-3H,4-6H2,(H,15,16)(H,17,18). The summed E-state index contributed by atoms with van der Waals surface area (Å²) < 4.78 is 26.6. The van der Waals surface area contributed by atoms with Crippen LogP contribution in [-0.4, -0.2) is 23.5 Å². The smallest absolute Gasteiger partial charge is 0.304 e. The van der Waals surface area contributed by atoms with Gasteiger partial charge < -0.3 is 10.4 Å². The van der Waals surface area contributed by atoms with Crippen molar-refractivity contribution in [2.75, 3.05) is 6.54 Å². The van der Waals surface area contributed by atoms with Gasteiger partial charge in [0.15, 0.2) is 0 Å². The van der Waals surface area contributed by atoms with E-state index < -0.39 is 23.0 Å². The molecule has 1 fully saturated rings. The van der Waals surface area contributed by atoms with E-state index in [0.29, 0.717) is 6.07 Å². The first-order chi connectivity index (χ1) is 8.43. The molecule has 0 bridgehead atoms. The number of carboxylic acid groups (broad SMARTS) is 1. The monoisotopic (exact) mass is 255 g/mol. The van der Waals surface area contributed by atoms with Crippen LogP contribution in [0.25, 0.3) is 0 Å². The van der Waals surface area contributed by atoms with Gasteiger partial charge in [0.25, 0.3) is 0 Å². The van der Waals surface area contributed by atoms with E-state index in [-0.39, 0.29) is 30.9 Å². The summed E-state index contributed by atoms with van der Waals surface area (Å²) >= 11 is 0. The maximum atomic E-state index is 13.8. The minimum absolute atomic E-state index is 0.0423. The molecule has 18 heavy (non-hydrogen) atoms. The van der Waals surface area contributed by atoms with Crippen LogP contribution in [0, 0.1) is 11.6 Å². The lowest BCUT2D eigenvalue weighted by molar-refractivity contribution is -0.138. The Labute approximate surface area is 102 Å². The number of carboxylic acids is 1. The molecule has 1 aliphatic heterocycles. The number of hydrogen-bond donors (Lipinski definition) is 2. The van der Waals surface area contributed by atoms with E-state index in [2.05, 4.69) is 5.32 Å². The normalized spacial score (nSPS) is 22.9. The quantitative estimate of drug-likeness (QED) is 0.852. The van der Waals surface area contributed by atoms with Gasteiger partial charge in [0.05, 0.1) is 6.42 Å². The number of nitrogens with one attached hydrogen (secondary N) is 1. The van der Waals surface area contributed by atoms with Crippen LogP contribution >= 0.6 is 0 Å². The lowest BCUT2D eigenvalue weighted by Gasteiger charge is -2.26. The van der Waals surface area contributed by atoms with Crippen molar-refractivity contribution < 1.29 is 23.5 Å². The van der Waals surface area contributed by atoms with Crippen molar-refractivity contribution in [3.8, 4) is 0 Å². The second kappa shape index (κ2) is 4.36. The zero-order valence-corrected chi connectivity index (χ0v) is 9.37. The molecule has 0 saturated carbocycles. The Bertz CT molecular complexity index is 518. The highest BCUT2D eigenvalue weighted by Gasteiger charge is 2.43. The van der Waals surface area contributed by atoms with E-state index in [1.165, 1.54) is 6.07 Å². The molecule has 1 aromatic rings. The third kappa shape index (κ3) is 2.18. The van der Waals surface area contributed by atoms with E-state index >= 15 is 0 Å². The molecule has 2 N–H and O–H groups in total. The molecule has 2 rings (SSSR count). The minimum Gasteiger partial charge on any atom is -0.481 e. The predicted molar refractivity (Wildman–Crippen MR) is 57.9 cm³/mol. The Balaban J connectivity index is 2.46. The Hall–Kier alpha value is -1.98. The van der Waals surface area contributed by atoms with Gasteiger partial charge in [-0.1, -0.05) is 6.07 Å². The lowest BCUT2D eigenvalue weighted by atomic mass is 9.76. The Morgan fingerprint density at radius 3 is 2.67 bits per heavy atom. The Kier molecular flexibility index (Phi) is 3.02. The number of carbonyl (C=O) groups excluding carboxylic acids is 1. The first-order valence-corrected chi connectivity index (χ1v) is 5.37. The van der Waals surface area contributed by atoms with Gasteiger partial charge in [0.1, 0.15) is 11.6 Å². The van der Waals surface area contributed by atoms with Crippen LogP contribution in [0.2, 0.25) is 0 Å². The molecule has 0 aliphatic carbocycles. The highest BCUT2D eigenvalue weighted by atomic mass is 19.1. The largest absolute Gasteiger partial charge is 0.481 e. The molecule has 0 aromatic heterocycles. The summed E-state index contributed by atoms with van der Waals surface area (Å²) in [5.74, 6) is -3.03. The molecule has 6 heteroatoms. The Morgan fingerprint density at radius 1 is 1.44 bits per heavy atom. The maximum absolute atomic E-state index is 13.8. The van der Waals surface area contributed by atoms with Crippen molar-refractivity contribution in [3.05, 3.63) is 35.4 Å². The van der Waals surface area contributed by atoms with Crippen molar-refractivity contribution in [2.24, 2.45) is 0 Å². The molecule has 1 unspecified atom stereocenters. The van der Waals surface area contributed by atoms with E-state index in [1.807, 2.05) is 0 Å². The molecule has 1 heterocycles. The fraction of sp³-hybridized carbons (Fsp3) is 0.333. The summed E-state index contributed by atoms with van der Waals surface area (Å²) in [7, 11) is 0. The number of benzene rings is 1. The summed E-state index contributed by atoms with van der Waals surface area (Å²) in [6, 6.07) is 2.96. The number of hydrogen-bond acceptors (Lipinski definition) is 2. The SMILES string of the molecule is O=C(O)CC1(c2ccc(F)cc2F)CNC(=O)C1. The maximum Gasteiger partial charge on any atom is 0.304 e. The molecule has 1 saturated heterocycles. The molecule has 1 amide bonds. The fourth-order valence-electron chi connectivity index (χ4n) is 2.32. The number of rotatable bonds is 3.